The molecule has 0 fully saturated rings. The molecule has 0 bridgehead atoms. The zero-order chi connectivity index (χ0) is 15.4. The van der Waals surface area contributed by atoms with Crippen molar-refractivity contribution in [3.8, 4) is 5.75 Å². The zero-order valence-corrected chi connectivity index (χ0v) is 11.9. The second-order valence-electron chi connectivity index (χ2n) is 4.19. The summed E-state index contributed by atoms with van der Waals surface area (Å²) in [4.78, 5) is 27.0. The lowest BCUT2D eigenvalue weighted by molar-refractivity contribution is -0.116. The van der Waals surface area contributed by atoms with Crippen molar-refractivity contribution in [2.24, 2.45) is 0 Å². The number of rotatable bonds is 4. The minimum Gasteiger partial charge on any atom is -0.495 e. The largest absolute Gasteiger partial charge is 0.495 e. The Morgan fingerprint density at radius 3 is 3.00 bits per heavy atom. The number of carbonyl (C=O) groups is 1. The highest BCUT2D eigenvalue weighted by atomic mass is 35.5. The monoisotopic (exact) mass is 308 g/mol. The molecule has 0 aliphatic heterocycles. The molecule has 1 aromatic carbocycles. The van der Waals surface area contributed by atoms with Crippen LogP contribution in [0, 0.1) is 0 Å². The van der Waals surface area contributed by atoms with Gasteiger partial charge in [0.15, 0.2) is 0 Å². The van der Waals surface area contributed by atoms with Crippen LogP contribution in [0.25, 0.3) is 0 Å². The number of ether oxygens (including phenoxy) is 1. The Kier molecular flexibility index (Phi) is 4.44. The quantitative estimate of drug-likeness (QED) is 0.825. The lowest BCUT2D eigenvalue weighted by Gasteiger charge is -2.11. The van der Waals surface area contributed by atoms with Crippen LogP contribution in [0.3, 0.4) is 0 Å². The Bertz CT molecular complexity index is 730. The van der Waals surface area contributed by atoms with E-state index in [2.05, 4.69) is 10.3 Å². The molecule has 2 rings (SSSR count). The van der Waals surface area contributed by atoms with E-state index in [0.717, 1.165) is 4.57 Å². The van der Waals surface area contributed by atoms with Gasteiger partial charge >= 0.3 is 5.69 Å². The first-order valence-electron chi connectivity index (χ1n) is 5.95. The Morgan fingerprint density at radius 1 is 1.52 bits per heavy atom. The summed E-state index contributed by atoms with van der Waals surface area (Å²) in [6, 6.07) is 4.85. The van der Waals surface area contributed by atoms with E-state index in [-0.39, 0.29) is 11.6 Å². The Hall–Kier alpha value is -2.54. The van der Waals surface area contributed by atoms with Gasteiger partial charge in [-0.15, -0.1) is 0 Å². The maximum atomic E-state index is 12.0. The lowest BCUT2D eigenvalue weighted by atomic mass is 10.2. The molecule has 8 heteroatoms. The van der Waals surface area contributed by atoms with Gasteiger partial charge in [-0.2, -0.15) is 0 Å². The van der Waals surface area contributed by atoms with Crippen molar-refractivity contribution in [3.05, 3.63) is 46.1 Å². The fraction of sp³-hybridized carbons (Fsp3) is 0.154. The smallest absolute Gasteiger partial charge is 0.348 e. The van der Waals surface area contributed by atoms with Gasteiger partial charge in [0, 0.05) is 11.9 Å². The Morgan fingerprint density at radius 2 is 2.29 bits per heavy atom. The topological polar surface area (TPSA) is 99.2 Å². The van der Waals surface area contributed by atoms with E-state index in [9.17, 15) is 9.59 Å². The van der Waals surface area contributed by atoms with Gasteiger partial charge in [0.25, 0.3) is 0 Å². The third-order valence-electron chi connectivity index (χ3n) is 2.63. The number of nitrogens with zero attached hydrogens (tertiary/aromatic N) is 2. The molecule has 1 aromatic heterocycles. The van der Waals surface area contributed by atoms with Gasteiger partial charge in [-0.05, 0) is 18.2 Å². The van der Waals surface area contributed by atoms with Crippen LogP contribution in [0.5, 0.6) is 5.75 Å². The van der Waals surface area contributed by atoms with Crippen molar-refractivity contribution in [3.63, 3.8) is 0 Å². The van der Waals surface area contributed by atoms with Gasteiger partial charge in [-0.3, -0.25) is 9.36 Å². The minimum atomic E-state index is -0.561. The van der Waals surface area contributed by atoms with Gasteiger partial charge in [0.2, 0.25) is 5.91 Å². The van der Waals surface area contributed by atoms with Gasteiger partial charge in [-0.1, -0.05) is 11.6 Å². The Labute approximate surface area is 125 Å². The minimum absolute atomic E-state index is 0.218. The zero-order valence-electron chi connectivity index (χ0n) is 11.2. The van der Waals surface area contributed by atoms with E-state index >= 15 is 0 Å². The molecule has 21 heavy (non-hydrogen) atoms. The van der Waals surface area contributed by atoms with Crippen molar-refractivity contribution < 1.29 is 9.53 Å². The molecule has 0 aliphatic rings. The molecule has 2 aromatic rings. The summed E-state index contributed by atoms with van der Waals surface area (Å²) >= 11 is 5.74. The molecule has 0 saturated heterocycles. The SMILES string of the molecule is COc1ccc(N)cc1NC(=O)Cn1cc(Cl)cnc1=O. The summed E-state index contributed by atoms with van der Waals surface area (Å²) in [6.45, 7) is -0.218. The number of nitrogen functional groups attached to an aromatic ring is 1. The number of aromatic nitrogens is 2. The summed E-state index contributed by atoms with van der Waals surface area (Å²) < 4.78 is 6.23. The molecule has 1 heterocycles. The highest BCUT2D eigenvalue weighted by Crippen LogP contribution is 2.26. The first kappa shape index (κ1) is 14.9. The molecule has 0 unspecified atom stereocenters. The third-order valence-corrected chi connectivity index (χ3v) is 2.83. The normalized spacial score (nSPS) is 10.2. The number of carbonyl (C=O) groups excluding carboxylic acids is 1. The van der Waals surface area contributed by atoms with Crippen LogP contribution in [0.2, 0.25) is 5.02 Å². The van der Waals surface area contributed by atoms with Crippen molar-refractivity contribution in [2.45, 2.75) is 6.54 Å². The maximum absolute atomic E-state index is 12.0. The lowest BCUT2D eigenvalue weighted by Crippen LogP contribution is -2.28. The average molecular weight is 309 g/mol. The summed E-state index contributed by atoms with van der Waals surface area (Å²) in [5.41, 5.74) is 6.01. The van der Waals surface area contributed by atoms with Crippen LogP contribution in [0.1, 0.15) is 0 Å². The second-order valence-corrected chi connectivity index (χ2v) is 4.63. The van der Waals surface area contributed by atoms with Crippen molar-refractivity contribution in [1.82, 2.24) is 9.55 Å². The molecule has 7 nitrogen and oxygen atoms in total. The average Bonchev–Trinajstić information content (AvgIpc) is 2.43. The number of hydrogen-bond donors (Lipinski definition) is 2. The van der Waals surface area contributed by atoms with Crippen LogP contribution in [-0.2, 0) is 11.3 Å². The van der Waals surface area contributed by atoms with Crippen molar-refractivity contribution >= 4 is 28.9 Å². The second kappa shape index (κ2) is 6.27. The molecule has 0 atom stereocenters. The third kappa shape index (κ3) is 3.73. The predicted molar refractivity (Wildman–Crippen MR) is 79.5 cm³/mol. The molecule has 0 saturated carbocycles. The summed E-state index contributed by atoms with van der Waals surface area (Å²) in [5, 5.41) is 2.89. The Balaban J connectivity index is 2.17. The first-order valence-corrected chi connectivity index (χ1v) is 6.33. The van der Waals surface area contributed by atoms with Crippen LogP contribution in [0.15, 0.2) is 35.4 Å². The maximum Gasteiger partial charge on any atom is 0.348 e. The highest BCUT2D eigenvalue weighted by molar-refractivity contribution is 6.30. The van der Waals surface area contributed by atoms with Gasteiger partial charge in [0.05, 0.1) is 24.0 Å². The summed E-state index contributed by atoms with van der Waals surface area (Å²) in [5.74, 6) is 0.0409. The fourth-order valence-electron chi connectivity index (χ4n) is 1.71. The number of benzene rings is 1. The first-order chi connectivity index (χ1) is 9.99. The number of amides is 1. The van der Waals surface area contributed by atoms with Crippen LogP contribution in [0.4, 0.5) is 11.4 Å². The fourth-order valence-corrected chi connectivity index (χ4v) is 1.88. The van der Waals surface area contributed by atoms with Gasteiger partial charge < -0.3 is 15.8 Å². The van der Waals surface area contributed by atoms with Gasteiger partial charge in [-0.25, -0.2) is 9.78 Å². The predicted octanol–water partition coefficient (Wildman–Crippen LogP) is 1.13. The van der Waals surface area contributed by atoms with E-state index in [1.165, 1.54) is 19.5 Å². The van der Waals surface area contributed by atoms with Crippen molar-refractivity contribution in [2.75, 3.05) is 18.2 Å². The molecule has 0 radical (unpaired) electrons. The van der Waals surface area contributed by atoms with Gasteiger partial charge in [0.1, 0.15) is 12.3 Å². The van der Waals surface area contributed by atoms with Crippen LogP contribution in [-0.4, -0.2) is 22.6 Å². The number of methoxy groups -OCH3 is 1. The molecule has 1 amide bonds. The van der Waals surface area contributed by atoms with E-state index in [0.29, 0.717) is 17.1 Å². The molecule has 110 valence electrons. The molecule has 0 aliphatic carbocycles. The van der Waals surface area contributed by atoms with E-state index in [4.69, 9.17) is 22.1 Å². The van der Waals surface area contributed by atoms with Crippen molar-refractivity contribution in [1.29, 1.82) is 0 Å². The van der Waals surface area contributed by atoms with E-state index in [1.807, 2.05) is 0 Å². The number of hydrogen-bond acceptors (Lipinski definition) is 5. The van der Waals surface area contributed by atoms with E-state index < -0.39 is 11.6 Å². The standard InChI is InChI=1S/C13H13ClN4O3/c1-21-11-3-2-9(15)4-10(11)17-12(19)7-18-6-8(14)5-16-13(18)20/h2-6H,7,15H2,1H3,(H,17,19). The van der Waals surface area contributed by atoms with Crippen LogP contribution < -0.4 is 21.5 Å². The molecule has 0 spiro atoms. The number of nitrogens with one attached hydrogen (secondary N) is 1. The van der Waals surface area contributed by atoms with Crippen LogP contribution >= 0.6 is 11.6 Å². The summed E-state index contributed by atoms with van der Waals surface area (Å²) in [7, 11) is 1.48. The number of halogens is 1. The highest BCUT2D eigenvalue weighted by Gasteiger charge is 2.10. The summed E-state index contributed by atoms with van der Waals surface area (Å²) in [6.07, 6.45) is 2.56. The molecular formula is C13H13ClN4O3. The number of nitrogens with two attached hydrogens (primary N) is 1. The molecular weight excluding hydrogens is 296 g/mol. The number of anilines is 2. The van der Waals surface area contributed by atoms with E-state index in [1.54, 1.807) is 18.2 Å². The molecule has 3 N–H and O–H groups in total.